The van der Waals surface area contributed by atoms with Crippen LogP contribution in [0.25, 0.3) is 0 Å². The first kappa shape index (κ1) is 14.5. The fourth-order valence-corrected chi connectivity index (χ4v) is 1.91. The molecule has 2 rings (SSSR count). The van der Waals surface area contributed by atoms with Crippen molar-refractivity contribution >= 4 is 17.4 Å². The lowest BCUT2D eigenvalue weighted by molar-refractivity contribution is 0.0991. The first-order chi connectivity index (χ1) is 9.52. The van der Waals surface area contributed by atoms with Gasteiger partial charge in [-0.25, -0.2) is 8.78 Å². The van der Waals surface area contributed by atoms with Crippen molar-refractivity contribution in [3.05, 3.63) is 64.2 Å². The molecule has 0 bridgehead atoms. The van der Waals surface area contributed by atoms with Gasteiger partial charge in [0.2, 0.25) is 0 Å². The van der Waals surface area contributed by atoms with Gasteiger partial charge in [0.25, 0.3) is 0 Å². The number of hydrogen-bond acceptors (Lipinski definition) is 2. The molecular weight excluding hydrogens is 286 g/mol. The van der Waals surface area contributed by atoms with E-state index in [2.05, 4.69) is 0 Å². The third-order valence-electron chi connectivity index (χ3n) is 2.86. The van der Waals surface area contributed by atoms with Crippen molar-refractivity contribution in [3.63, 3.8) is 0 Å². The molecule has 0 radical (unpaired) electrons. The normalized spacial score (nSPS) is 10.4. The van der Waals surface area contributed by atoms with Crippen LogP contribution in [-0.4, -0.2) is 12.9 Å². The van der Waals surface area contributed by atoms with Crippen molar-refractivity contribution in [3.8, 4) is 5.75 Å². The highest BCUT2D eigenvalue weighted by molar-refractivity contribution is 6.30. The standard InChI is InChI=1S/C15H11ClF2O2/c1-20-14-4-2-3-10(15(14)18)8-13(19)9-5-6-11(16)12(17)7-9/h2-7H,8H2,1H3. The van der Waals surface area contributed by atoms with E-state index in [0.29, 0.717) is 0 Å². The monoisotopic (exact) mass is 296 g/mol. The zero-order valence-electron chi connectivity index (χ0n) is 10.6. The molecule has 0 amide bonds. The van der Waals surface area contributed by atoms with Crippen molar-refractivity contribution in [2.75, 3.05) is 7.11 Å². The molecule has 0 fully saturated rings. The zero-order chi connectivity index (χ0) is 14.7. The molecule has 2 nitrogen and oxygen atoms in total. The molecule has 2 aromatic carbocycles. The van der Waals surface area contributed by atoms with Crippen LogP contribution in [-0.2, 0) is 6.42 Å². The van der Waals surface area contributed by atoms with Crippen LogP contribution in [0, 0.1) is 11.6 Å². The number of methoxy groups -OCH3 is 1. The lowest BCUT2D eigenvalue weighted by Gasteiger charge is -2.07. The van der Waals surface area contributed by atoms with Crippen LogP contribution in [0.3, 0.4) is 0 Å². The number of hydrogen-bond donors (Lipinski definition) is 0. The summed E-state index contributed by atoms with van der Waals surface area (Å²) in [5.74, 6) is -1.59. The predicted molar refractivity (Wildman–Crippen MR) is 72.4 cm³/mol. The molecule has 0 N–H and O–H groups in total. The number of Topliss-reactive ketones (excluding diaryl/α,β-unsaturated/α-hetero) is 1. The van der Waals surface area contributed by atoms with E-state index in [1.165, 1.54) is 31.4 Å². The lowest BCUT2D eigenvalue weighted by atomic mass is 10.0. The Bertz CT molecular complexity index is 656. The quantitative estimate of drug-likeness (QED) is 0.796. The van der Waals surface area contributed by atoms with Gasteiger partial charge in [-0.05, 0) is 29.8 Å². The van der Waals surface area contributed by atoms with Crippen molar-refractivity contribution in [2.24, 2.45) is 0 Å². The van der Waals surface area contributed by atoms with Crippen LogP contribution in [0.1, 0.15) is 15.9 Å². The van der Waals surface area contributed by atoms with Crippen molar-refractivity contribution in [2.45, 2.75) is 6.42 Å². The summed E-state index contributed by atoms with van der Waals surface area (Å²) in [5, 5.41) is -0.0610. The lowest BCUT2D eigenvalue weighted by Crippen LogP contribution is -2.06. The van der Waals surface area contributed by atoms with Gasteiger partial charge in [-0.1, -0.05) is 23.7 Å². The first-order valence-electron chi connectivity index (χ1n) is 5.82. The smallest absolute Gasteiger partial charge is 0.168 e. The molecule has 5 heteroatoms. The number of ether oxygens (including phenoxy) is 1. The third kappa shape index (κ3) is 2.96. The van der Waals surface area contributed by atoms with Crippen molar-refractivity contribution < 1.29 is 18.3 Å². The average Bonchev–Trinajstić information content (AvgIpc) is 2.44. The maximum Gasteiger partial charge on any atom is 0.168 e. The summed E-state index contributed by atoms with van der Waals surface area (Å²) in [6, 6.07) is 8.29. The molecule has 20 heavy (non-hydrogen) atoms. The summed E-state index contributed by atoms with van der Waals surface area (Å²) in [4.78, 5) is 12.0. The number of ketones is 1. The van der Waals surface area contributed by atoms with Crippen molar-refractivity contribution in [1.82, 2.24) is 0 Å². The van der Waals surface area contributed by atoms with Gasteiger partial charge >= 0.3 is 0 Å². The van der Waals surface area contributed by atoms with Crippen LogP contribution < -0.4 is 4.74 Å². The fraction of sp³-hybridized carbons (Fsp3) is 0.133. The number of rotatable bonds is 4. The minimum atomic E-state index is -0.677. The molecule has 0 aliphatic rings. The zero-order valence-corrected chi connectivity index (χ0v) is 11.4. The maximum absolute atomic E-state index is 13.9. The Hall–Kier alpha value is -1.94. The van der Waals surface area contributed by atoms with Crippen LogP contribution in [0.5, 0.6) is 5.75 Å². The van der Waals surface area contributed by atoms with E-state index >= 15 is 0 Å². The number of carbonyl (C=O) groups is 1. The molecule has 0 aromatic heterocycles. The number of carbonyl (C=O) groups excluding carboxylic acids is 1. The maximum atomic E-state index is 13.9. The van der Waals surface area contributed by atoms with E-state index in [9.17, 15) is 13.6 Å². The minimum Gasteiger partial charge on any atom is -0.494 e. The fourth-order valence-electron chi connectivity index (χ4n) is 1.80. The Kier molecular flexibility index (Phi) is 4.35. The van der Waals surface area contributed by atoms with Gasteiger partial charge in [0.15, 0.2) is 17.3 Å². The Morgan fingerprint density at radius 1 is 1.25 bits per heavy atom. The summed E-state index contributed by atoms with van der Waals surface area (Å²) >= 11 is 5.55. The SMILES string of the molecule is COc1cccc(CC(=O)c2ccc(Cl)c(F)c2)c1F. The molecule has 2 aromatic rings. The van der Waals surface area contributed by atoms with Crippen molar-refractivity contribution in [1.29, 1.82) is 0 Å². The molecular formula is C15H11ClF2O2. The van der Waals surface area contributed by atoms with Gasteiger partial charge in [-0.15, -0.1) is 0 Å². The largest absolute Gasteiger partial charge is 0.494 e. The van der Waals surface area contributed by atoms with Crippen LogP contribution in [0.15, 0.2) is 36.4 Å². The first-order valence-corrected chi connectivity index (χ1v) is 6.20. The van der Waals surface area contributed by atoms with E-state index in [1.54, 1.807) is 6.07 Å². The van der Waals surface area contributed by atoms with Crippen LogP contribution in [0.2, 0.25) is 5.02 Å². The second-order valence-electron chi connectivity index (χ2n) is 4.16. The van der Waals surface area contributed by atoms with E-state index in [4.69, 9.17) is 16.3 Å². The Morgan fingerprint density at radius 3 is 2.65 bits per heavy atom. The van der Waals surface area contributed by atoms with Crippen LogP contribution in [0.4, 0.5) is 8.78 Å². The average molecular weight is 297 g/mol. The van der Waals surface area contributed by atoms with Gasteiger partial charge in [0, 0.05) is 12.0 Å². The Morgan fingerprint density at radius 2 is 2.00 bits per heavy atom. The summed E-state index contributed by atoms with van der Waals surface area (Å²) in [5.41, 5.74) is 0.346. The van der Waals surface area contributed by atoms with E-state index in [0.717, 1.165) is 6.07 Å². The molecule has 0 aliphatic carbocycles. The van der Waals surface area contributed by atoms with Gasteiger partial charge in [0.05, 0.1) is 12.1 Å². The Labute approximate surface area is 119 Å². The molecule has 0 saturated carbocycles. The molecule has 0 spiro atoms. The second kappa shape index (κ2) is 6.01. The third-order valence-corrected chi connectivity index (χ3v) is 3.16. The second-order valence-corrected chi connectivity index (χ2v) is 4.57. The summed E-state index contributed by atoms with van der Waals surface area (Å²) < 4.78 is 32.1. The summed E-state index contributed by atoms with van der Waals surface area (Å²) in [6.07, 6.45) is -0.176. The molecule has 0 atom stereocenters. The summed E-state index contributed by atoms with van der Waals surface area (Å²) in [6.45, 7) is 0. The highest BCUT2D eigenvalue weighted by Crippen LogP contribution is 2.22. The van der Waals surface area contributed by atoms with Gasteiger partial charge in [-0.2, -0.15) is 0 Å². The Balaban J connectivity index is 2.25. The van der Waals surface area contributed by atoms with E-state index < -0.39 is 17.4 Å². The predicted octanol–water partition coefficient (Wildman–Crippen LogP) is 4.05. The van der Waals surface area contributed by atoms with Gasteiger partial charge in [-0.3, -0.25) is 4.79 Å². The van der Waals surface area contributed by atoms with E-state index in [1.807, 2.05) is 0 Å². The van der Waals surface area contributed by atoms with Gasteiger partial charge in [0.1, 0.15) is 5.82 Å². The molecule has 0 unspecified atom stereocenters. The summed E-state index contributed by atoms with van der Waals surface area (Å²) in [7, 11) is 1.35. The molecule has 104 valence electrons. The highest BCUT2D eigenvalue weighted by Gasteiger charge is 2.14. The highest BCUT2D eigenvalue weighted by atomic mass is 35.5. The molecule has 0 saturated heterocycles. The number of halogens is 3. The molecule has 0 aliphatic heterocycles. The van der Waals surface area contributed by atoms with E-state index in [-0.39, 0.29) is 28.3 Å². The van der Waals surface area contributed by atoms with Gasteiger partial charge < -0.3 is 4.74 Å². The number of benzene rings is 2. The topological polar surface area (TPSA) is 26.3 Å². The molecule has 0 heterocycles. The minimum absolute atomic E-state index is 0.0610. The van der Waals surface area contributed by atoms with Crippen LogP contribution >= 0.6 is 11.6 Å².